The maximum atomic E-state index is 3.41. The molecule has 0 amide bonds. The van der Waals surface area contributed by atoms with E-state index >= 15 is 0 Å². The number of hydrogen-bond donors (Lipinski definition) is 1. The molecule has 3 rings (SSSR count). The van der Waals surface area contributed by atoms with E-state index in [1.807, 2.05) is 11.3 Å². The number of rotatable bonds is 4. The molecule has 2 heterocycles. The Morgan fingerprint density at radius 3 is 2.89 bits per heavy atom. The van der Waals surface area contributed by atoms with Crippen molar-refractivity contribution in [1.82, 2.24) is 10.2 Å². The minimum Gasteiger partial charge on any atom is -0.319 e. The average molecular weight is 264 g/mol. The Labute approximate surface area is 114 Å². The summed E-state index contributed by atoms with van der Waals surface area (Å²) in [5, 5.41) is 5.65. The first-order valence-corrected chi connectivity index (χ1v) is 8.22. The van der Waals surface area contributed by atoms with E-state index in [1.165, 1.54) is 38.6 Å². The molecular formula is C15H24N2S. The predicted octanol–water partition coefficient (Wildman–Crippen LogP) is 3.27. The van der Waals surface area contributed by atoms with Gasteiger partial charge in [-0.1, -0.05) is 12.5 Å². The van der Waals surface area contributed by atoms with Crippen LogP contribution in [0.5, 0.6) is 0 Å². The van der Waals surface area contributed by atoms with E-state index in [9.17, 15) is 0 Å². The molecule has 100 valence electrons. The van der Waals surface area contributed by atoms with E-state index in [-0.39, 0.29) is 0 Å². The summed E-state index contributed by atoms with van der Waals surface area (Å²) in [5.41, 5.74) is 0. The van der Waals surface area contributed by atoms with E-state index in [2.05, 4.69) is 34.8 Å². The first-order chi connectivity index (χ1) is 8.90. The highest BCUT2D eigenvalue weighted by atomic mass is 32.1. The minimum atomic E-state index is 0.674. The molecule has 2 fully saturated rings. The van der Waals surface area contributed by atoms with Crippen molar-refractivity contribution in [3.05, 3.63) is 22.4 Å². The fourth-order valence-electron chi connectivity index (χ4n) is 3.42. The normalized spacial score (nSPS) is 30.3. The maximum absolute atomic E-state index is 3.41. The Kier molecular flexibility index (Phi) is 4.02. The van der Waals surface area contributed by atoms with Crippen molar-refractivity contribution >= 4 is 11.3 Å². The van der Waals surface area contributed by atoms with Crippen LogP contribution < -0.4 is 5.32 Å². The molecule has 1 aliphatic heterocycles. The number of likely N-dealkylation sites (tertiary alicyclic amines) is 1. The summed E-state index contributed by atoms with van der Waals surface area (Å²) in [6.07, 6.45) is 7.02. The molecule has 1 N–H and O–H groups in total. The maximum Gasteiger partial charge on any atom is 0.0484 e. The van der Waals surface area contributed by atoms with Gasteiger partial charge in [0.2, 0.25) is 0 Å². The molecule has 1 saturated heterocycles. The SMILES string of the molecule is CNCC1CCCCN(C2CC2)C1c1cccs1. The topological polar surface area (TPSA) is 15.3 Å². The number of hydrogen-bond acceptors (Lipinski definition) is 3. The van der Waals surface area contributed by atoms with Crippen molar-refractivity contribution in [2.24, 2.45) is 5.92 Å². The second kappa shape index (κ2) is 5.72. The zero-order valence-electron chi connectivity index (χ0n) is 11.3. The number of nitrogens with zero attached hydrogens (tertiary/aromatic N) is 1. The van der Waals surface area contributed by atoms with Crippen LogP contribution in [0.1, 0.15) is 43.0 Å². The van der Waals surface area contributed by atoms with Gasteiger partial charge in [0, 0.05) is 17.0 Å². The highest BCUT2D eigenvalue weighted by Gasteiger charge is 2.39. The second-order valence-corrected chi connectivity index (χ2v) is 6.72. The third kappa shape index (κ3) is 2.63. The second-order valence-electron chi connectivity index (χ2n) is 5.74. The zero-order valence-corrected chi connectivity index (χ0v) is 12.1. The van der Waals surface area contributed by atoms with Crippen LogP contribution in [0.25, 0.3) is 0 Å². The first kappa shape index (κ1) is 12.6. The van der Waals surface area contributed by atoms with Gasteiger partial charge in [-0.25, -0.2) is 0 Å². The highest BCUT2D eigenvalue weighted by Crippen LogP contribution is 2.42. The van der Waals surface area contributed by atoms with E-state index in [0.717, 1.165) is 18.5 Å². The molecule has 0 aromatic carbocycles. The molecule has 1 aromatic heterocycles. The van der Waals surface area contributed by atoms with Gasteiger partial charge in [0.15, 0.2) is 0 Å². The quantitative estimate of drug-likeness (QED) is 0.898. The van der Waals surface area contributed by atoms with Crippen molar-refractivity contribution < 1.29 is 0 Å². The van der Waals surface area contributed by atoms with Crippen LogP contribution in [0, 0.1) is 5.92 Å². The zero-order chi connectivity index (χ0) is 12.4. The first-order valence-electron chi connectivity index (χ1n) is 7.34. The summed E-state index contributed by atoms with van der Waals surface area (Å²) in [6.45, 7) is 2.47. The third-order valence-electron chi connectivity index (χ3n) is 4.36. The molecule has 3 heteroatoms. The lowest BCUT2D eigenvalue weighted by Crippen LogP contribution is -2.37. The lowest BCUT2D eigenvalue weighted by molar-refractivity contribution is 0.148. The molecule has 2 aliphatic rings. The van der Waals surface area contributed by atoms with Crippen molar-refractivity contribution in [3.63, 3.8) is 0 Å². The van der Waals surface area contributed by atoms with Crippen LogP contribution in [0.15, 0.2) is 17.5 Å². The standard InChI is InChI=1S/C15H24N2S/c1-16-11-12-5-2-3-9-17(13-7-8-13)15(12)14-6-4-10-18-14/h4,6,10,12-13,15-16H,2-3,5,7-9,11H2,1H3. The fraction of sp³-hybridized carbons (Fsp3) is 0.733. The van der Waals surface area contributed by atoms with Gasteiger partial charge < -0.3 is 5.32 Å². The van der Waals surface area contributed by atoms with Gasteiger partial charge in [0.05, 0.1) is 0 Å². The molecule has 18 heavy (non-hydrogen) atoms. The number of thiophene rings is 1. The van der Waals surface area contributed by atoms with E-state index in [0.29, 0.717) is 6.04 Å². The summed E-state index contributed by atoms with van der Waals surface area (Å²) in [4.78, 5) is 4.41. The van der Waals surface area contributed by atoms with Crippen LogP contribution in [0.2, 0.25) is 0 Å². The van der Waals surface area contributed by atoms with E-state index in [4.69, 9.17) is 0 Å². The summed E-state index contributed by atoms with van der Waals surface area (Å²) in [5.74, 6) is 0.789. The fourth-order valence-corrected chi connectivity index (χ4v) is 4.35. The molecule has 0 radical (unpaired) electrons. The molecular weight excluding hydrogens is 240 g/mol. The van der Waals surface area contributed by atoms with Crippen LogP contribution in [0.4, 0.5) is 0 Å². The van der Waals surface area contributed by atoms with Gasteiger partial charge in [-0.15, -0.1) is 11.3 Å². The van der Waals surface area contributed by atoms with E-state index < -0.39 is 0 Å². The van der Waals surface area contributed by atoms with Crippen LogP contribution in [0.3, 0.4) is 0 Å². The minimum absolute atomic E-state index is 0.674. The lowest BCUT2D eigenvalue weighted by Gasteiger charge is -2.34. The Morgan fingerprint density at radius 2 is 2.22 bits per heavy atom. The Morgan fingerprint density at radius 1 is 1.33 bits per heavy atom. The summed E-state index contributed by atoms with van der Waals surface area (Å²) >= 11 is 1.95. The largest absolute Gasteiger partial charge is 0.319 e. The van der Waals surface area contributed by atoms with Crippen molar-refractivity contribution in [2.75, 3.05) is 20.1 Å². The van der Waals surface area contributed by atoms with Crippen LogP contribution in [-0.4, -0.2) is 31.1 Å². The summed E-state index contributed by atoms with van der Waals surface area (Å²) < 4.78 is 0. The molecule has 1 aliphatic carbocycles. The molecule has 1 saturated carbocycles. The predicted molar refractivity (Wildman–Crippen MR) is 78.1 cm³/mol. The average Bonchev–Trinajstić information content (AvgIpc) is 3.12. The Hall–Kier alpha value is -0.380. The molecule has 2 nitrogen and oxygen atoms in total. The highest BCUT2D eigenvalue weighted by molar-refractivity contribution is 7.10. The van der Waals surface area contributed by atoms with Crippen molar-refractivity contribution in [3.8, 4) is 0 Å². The molecule has 2 unspecified atom stereocenters. The van der Waals surface area contributed by atoms with E-state index in [1.54, 1.807) is 4.88 Å². The smallest absolute Gasteiger partial charge is 0.0484 e. The van der Waals surface area contributed by atoms with Crippen molar-refractivity contribution in [2.45, 2.75) is 44.2 Å². The van der Waals surface area contributed by atoms with Gasteiger partial charge in [-0.05, 0) is 63.2 Å². The molecule has 0 bridgehead atoms. The van der Waals surface area contributed by atoms with Crippen LogP contribution >= 0.6 is 11.3 Å². The van der Waals surface area contributed by atoms with Gasteiger partial charge in [0.1, 0.15) is 0 Å². The number of nitrogens with one attached hydrogen (secondary N) is 1. The molecule has 2 atom stereocenters. The van der Waals surface area contributed by atoms with Gasteiger partial charge in [-0.3, -0.25) is 4.90 Å². The van der Waals surface area contributed by atoms with Gasteiger partial charge in [0.25, 0.3) is 0 Å². The monoisotopic (exact) mass is 264 g/mol. The lowest BCUT2D eigenvalue weighted by atomic mass is 9.93. The van der Waals surface area contributed by atoms with Gasteiger partial charge >= 0.3 is 0 Å². The van der Waals surface area contributed by atoms with Gasteiger partial charge in [-0.2, -0.15) is 0 Å². The Bertz CT molecular complexity index is 359. The van der Waals surface area contributed by atoms with Crippen LogP contribution in [-0.2, 0) is 0 Å². The summed E-state index contributed by atoms with van der Waals surface area (Å²) in [6, 6.07) is 6.12. The summed E-state index contributed by atoms with van der Waals surface area (Å²) in [7, 11) is 2.10. The third-order valence-corrected chi connectivity index (χ3v) is 5.30. The molecule has 1 aromatic rings. The van der Waals surface area contributed by atoms with Crippen molar-refractivity contribution in [1.29, 1.82) is 0 Å². The Balaban J connectivity index is 1.86. The molecule has 0 spiro atoms.